The summed E-state index contributed by atoms with van der Waals surface area (Å²) in [5.74, 6) is -0.508. The summed E-state index contributed by atoms with van der Waals surface area (Å²) >= 11 is 0. The molecule has 0 aliphatic carbocycles. The number of phenolic OH excluding ortho intramolecular Hbond substituents is 1. The van der Waals surface area contributed by atoms with Crippen LogP contribution in [0.4, 0.5) is 11.4 Å². The Kier molecular flexibility index (Phi) is 4.17. The normalized spacial score (nSPS) is 10.4. The number of nitrogens with one attached hydrogen (secondary N) is 1. The summed E-state index contributed by atoms with van der Waals surface area (Å²) in [6, 6.07) is 9.21. The minimum atomic E-state index is -0.837. The van der Waals surface area contributed by atoms with Crippen molar-refractivity contribution in [2.24, 2.45) is 0 Å². The molecule has 0 amide bonds. The van der Waals surface area contributed by atoms with Crippen molar-refractivity contribution < 1.29 is 15.0 Å². The van der Waals surface area contributed by atoms with Gasteiger partial charge in [0.05, 0.1) is 6.42 Å². The molecule has 0 unspecified atom stereocenters. The quantitative estimate of drug-likeness (QED) is 0.749. The van der Waals surface area contributed by atoms with E-state index in [2.05, 4.69) is 5.32 Å². The first-order valence-electron chi connectivity index (χ1n) is 6.76. The Morgan fingerprint density at radius 1 is 1.10 bits per heavy atom. The van der Waals surface area contributed by atoms with E-state index in [1.54, 1.807) is 12.1 Å². The zero-order valence-electron chi connectivity index (χ0n) is 12.4. The van der Waals surface area contributed by atoms with E-state index in [1.807, 2.05) is 39.0 Å². The number of anilines is 2. The third-order valence-electron chi connectivity index (χ3n) is 3.64. The average Bonchev–Trinajstić information content (AvgIpc) is 2.44. The number of hydrogen-bond donors (Lipinski definition) is 3. The van der Waals surface area contributed by atoms with Gasteiger partial charge in [0, 0.05) is 11.4 Å². The lowest BCUT2D eigenvalue weighted by atomic mass is 10.0. The highest BCUT2D eigenvalue weighted by molar-refractivity contribution is 5.71. The van der Waals surface area contributed by atoms with E-state index in [-0.39, 0.29) is 6.42 Å². The lowest BCUT2D eigenvalue weighted by molar-refractivity contribution is -0.136. The van der Waals surface area contributed by atoms with Crippen LogP contribution in [-0.2, 0) is 11.2 Å². The number of carboxylic acids is 1. The minimum Gasteiger partial charge on any atom is -0.507 e. The first kappa shape index (κ1) is 14.9. The molecule has 0 aliphatic heterocycles. The topological polar surface area (TPSA) is 69.6 Å². The Balaban J connectivity index is 2.24. The molecule has 21 heavy (non-hydrogen) atoms. The van der Waals surface area contributed by atoms with Crippen molar-refractivity contribution in [2.75, 3.05) is 5.32 Å². The number of phenols is 1. The van der Waals surface area contributed by atoms with Crippen LogP contribution in [0.2, 0.25) is 0 Å². The van der Waals surface area contributed by atoms with Crippen LogP contribution in [0.5, 0.6) is 5.75 Å². The fourth-order valence-corrected chi connectivity index (χ4v) is 2.23. The third kappa shape index (κ3) is 3.34. The molecule has 2 aromatic rings. The van der Waals surface area contributed by atoms with Crippen LogP contribution in [0, 0.1) is 20.8 Å². The molecule has 3 N–H and O–H groups in total. The van der Waals surface area contributed by atoms with Crippen LogP contribution >= 0.6 is 0 Å². The average molecular weight is 285 g/mol. The summed E-state index contributed by atoms with van der Waals surface area (Å²) in [6.07, 6.45) is 0.0245. The van der Waals surface area contributed by atoms with Crippen molar-refractivity contribution in [1.82, 2.24) is 0 Å². The highest BCUT2D eigenvalue weighted by Gasteiger charge is 2.09. The fraction of sp³-hybridized carbons (Fsp3) is 0.235. The number of carboxylic acid groups (broad SMARTS) is 1. The summed E-state index contributed by atoms with van der Waals surface area (Å²) in [4.78, 5) is 10.7. The number of hydrogen-bond acceptors (Lipinski definition) is 3. The standard InChI is InChI=1S/C17H19NO3/c1-10-8-15(11(2)12(3)17(10)21)18-14-6-4-13(5-7-14)9-16(19)20/h4-8,18,21H,9H2,1-3H3,(H,19,20). The monoisotopic (exact) mass is 285 g/mol. The Hall–Kier alpha value is -2.49. The molecule has 0 aliphatic rings. The van der Waals surface area contributed by atoms with Gasteiger partial charge in [-0.2, -0.15) is 0 Å². The third-order valence-corrected chi connectivity index (χ3v) is 3.64. The maximum atomic E-state index is 10.7. The lowest BCUT2D eigenvalue weighted by Crippen LogP contribution is -2.00. The number of aromatic hydroxyl groups is 1. The smallest absolute Gasteiger partial charge is 0.307 e. The van der Waals surface area contributed by atoms with Crippen molar-refractivity contribution in [3.8, 4) is 5.75 Å². The summed E-state index contributed by atoms with van der Waals surface area (Å²) in [7, 11) is 0. The predicted molar refractivity (Wildman–Crippen MR) is 83.4 cm³/mol. The zero-order chi connectivity index (χ0) is 15.6. The van der Waals surface area contributed by atoms with Gasteiger partial charge in [0.15, 0.2) is 0 Å². The van der Waals surface area contributed by atoms with Gasteiger partial charge in [0.25, 0.3) is 0 Å². The maximum Gasteiger partial charge on any atom is 0.307 e. The highest BCUT2D eigenvalue weighted by atomic mass is 16.4. The van der Waals surface area contributed by atoms with Crippen molar-refractivity contribution in [3.63, 3.8) is 0 Å². The van der Waals surface area contributed by atoms with Crippen LogP contribution in [0.1, 0.15) is 22.3 Å². The van der Waals surface area contributed by atoms with Crippen molar-refractivity contribution >= 4 is 17.3 Å². The van der Waals surface area contributed by atoms with Crippen LogP contribution < -0.4 is 5.32 Å². The van der Waals surface area contributed by atoms with Crippen molar-refractivity contribution in [1.29, 1.82) is 0 Å². The molecule has 0 bridgehead atoms. The second-order valence-electron chi connectivity index (χ2n) is 5.23. The summed E-state index contributed by atoms with van der Waals surface area (Å²) in [6.45, 7) is 5.71. The van der Waals surface area contributed by atoms with Crippen LogP contribution in [0.25, 0.3) is 0 Å². The van der Waals surface area contributed by atoms with Gasteiger partial charge in [-0.15, -0.1) is 0 Å². The molecule has 0 aromatic heterocycles. The summed E-state index contributed by atoms with van der Waals surface area (Å²) < 4.78 is 0. The molecule has 0 radical (unpaired) electrons. The van der Waals surface area contributed by atoms with Crippen LogP contribution in [-0.4, -0.2) is 16.2 Å². The molecule has 0 saturated heterocycles. The number of rotatable bonds is 4. The number of carbonyl (C=O) groups is 1. The largest absolute Gasteiger partial charge is 0.507 e. The SMILES string of the molecule is Cc1cc(Nc2ccc(CC(=O)O)cc2)c(C)c(C)c1O. The fourth-order valence-electron chi connectivity index (χ4n) is 2.23. The second-order valence-corrected chi connectivity index (χ2v) is 5.23. The maximum absolute atomic E-state index is 10.7. The summed E-state index contributed by atoms with van der Waals surface area (Å²) in [5.41, 5.74) is 5.27. The lowest BCUT2D eigenvalue weighted by Gasteiger charge is -2.15. The molecule has 0 saturated carbocycles. The summed E-state index contributed by atoms with van der Waals surface area (Å²) in [5, 5.41) is 22.0. The number of aryl methyl sites for hydroxylation is 1. The van der Waals surface area contributed by atoms with Gasteiger partial charge >= 0.3 is 5.97 Å². The molecule has 0 fully saturated rings. The molecular formula is C17H19NO3. The molecule has 110 valence electrons. The molecule has 0 atom stereocenters. The van der Waals surface area contributed by atoms with E-state index < -0.39 is 5.97 Å². The Bertz CT molecular complexity index is 675. The molecular weight excluding hydrogens is 266 g/mol. The van der Waals surface area contributed by atoms with Gasteiger partial charge in [-0.1, -0.05) is 12.1 Å². The molecule has 2 aromatic carbocycles. The minimum absolute atomic E-state index is 0.0245. The first-order chi connectivity index (χ1) is 9.88. The van der Waals surface area contributed by atoms with E-state index >= 15 is 0 Å². The first-order valence-corrected chi connectivity index (χ1v) is 6.76. The van der Waals surface area contributed by atoms with Gasteiger partial charge in [0.1, 0.15) is 5.75 Å². The highest BCUT2D eigenvalue weighted by Crippen LogP contribution is 2.32. The van der Waals surface area contributed by atoms with Crippen molar-refractivity contribution in [3.05, 3.63) is 52.6 Å². The molecule has 4 heteroatoms. The molecule has 4 nitrogen and oxygen atoms in total. The Morgan fingerprint density at radius 2 is 1.71 bits per heavy atom. The second kappa shape index (κ2) is 5.87. The van der Waals surface area contributed by atoms with Gasteiger partial charge in [0.2, 0.25) is 0 Å². The molecule has 2 rings (SSSR count). The van der Waals surface area contributed by atoms with Crippen LogP contribution in [0.3, 0.4) is 0 Å². The van der Waals surface area contributed by atoms with Crippen molar-refractivity contribution in [2.45, 2.75) is 27.2 Å². The van der Waals surface area contributed by atoms with E-state index in [0.717, 1.165) is 33.6 Å². The van der Waals surface area contributed by atoms with Gasteiger partial charge in [-0.25, -0.2) is 0 Å². The van der Waals surface area contributed by atoms with Gasteiger partial charge in [-0.05, 0) is 61.2 Å². The van der Waals surface area contributed by atoms with E-state index in [0.29, 0.717) is 5.75 Å². The van der Waals surface area contributed by atoms with E-state index in [1.165, 1.54) is 0 Å². The van der Waals surface area contributed by atoms with E-state index in [9.17, 15) is 9.90 Å². The Morgan fingerprint density at radius 3 is 2.29 bits per heavy atom. The molecule has 0 heterocycles. The van der Waals surface area contributed by atoms with Gasteiger partial charge < -0.3 is 15.5 Å². The van der Waals surface area contributed by atoms with E-state index in [4.69, 9.17) is 5.11 Å². The number of aliphatic carboxylic acids is 1. The predicted octanol–water partition coefficient (Wildman–Crippen LogP) is 3.69. The number of benzene rings is 2. The van der Waals surface area contributed by atoms with Crippen LogP contribution in [0.15, 0.2) is 30.3 Å². The zero-order valence-corrected chi connectivity index (χ0v) is 12.4. The van der Waals surface area contributed by atoms with Gasteiger partial charge in [-0.3, -0.25) is 4.79 Å². The Labute approximate surface area is 124 Å². The molecule has 0 spiro atoms.